The van der Waals surface area contributed by atoms with Gasteiger partial charge >= 0.3 is 0 Å². The van der Waals surface area contributed by atoms with Crippen molar-refractivity contribution in [1.82, 2.24) is 9.97 Å². The Balaban J connectivity index is 2.53. The molecule has 100 valence electrons. The monoisotopic (exact) mass is 277 g/mol. The van der Waals surface area contributed by atoms with Gasteiger partial charge in [-0.2, -0.15) is 0 Å². The van der Waals surface area contributed by atoms with Crippen LogP contribution in [0.1, 0.15) is 11.3 Å². The second-order valence-corrected chi connectivity index (χ2v) is 4.61. The van der Waals surface area contributed by atoms with Crippen LogP contribution in [0.5, 0.6) is 5.75 Å². The highest BCUT2D eigenvalue weighted by Crippen LogP contribution is 2.29. The van der Waals surface area contributed by atoms with Crippen LogP contribution < -0.4 is 10.1 Å². The van der Waals surface area contributed by atoms with Crippen molar-refractivity contribution in [3.63, 3.8) is 0 Å². The molecule has 2 rings (SSSR count). The summed E-state index contributed by atoms with van der Waals surface area (Å²) >= 11 is 6.13. The Bertz CT molecular complexity index is 614. The summed E-state index contributed by atoms with van der Waals surface area (Å²) in [5.74, 6) is 2.12. The molecule has 0 atom stereocenters. The highest BCUT2D eigenvalue weighted by atomic mass is 35.5. The molecule has 0 saturated carbocycles. The fraction of sp³-hybridized carbons (Fsp3) is 0.286. The van der Waals surface area contributed by atoms with Gasteiger partial charge in [0.2, 0.25) is 0 Å². The molecule has 5 heteroatoms. The summed E-state index contributed by atoms with van der Waals surface area (Å²) in [6.07, 6.45) is 0. The SMILES string of the molecule is CNc1nc(-c2ccc(OC)c(Cl)c2)nc(C)c1C. The normalized spacial score (nSPS) is 10.4. The van der Waals surface area contributed by atoms with Crippen LogP contribution in [-0.2, 0) is 0 Å². The Morgan fingerprint density at radius 3 is 2.53 bits per heavy atom. The maximum absolute atomic E-state index is 6.13. The van der Waals surface area contributed by atoms with Gasteiger partial charge < -0.3 is 10.1 Å². The van der Waals surface area contributed by atoms with Crippen molar-refractivity contribution in [3.05, 3.63) is 34.5 Å². The largest absolute Gasteiger partial charge is 0.495 e. The van der Waals surface area contributed by atoms with Crippen molar-refractivity contribution in [3.8, 4) is 17.1 Å². The van der Waals surface area contributed by atoms with E-state index in [1.165, 1.54) is 0 Å². The number of hydrogen-bond acceptors (Lipinski definition) is 4. The number of benzene rings is 1. The van der Waals surface area contributed by atoms with Gasteiger partial charge in [0.1, 0.15) is 11.6 Å². The maximum atomic E-state index is 6.13. The van der Waals surface area contributed by atoms with Crippen molar-refractivity contribution < 1.29 is 4.74 Å². The minimum absolute atomic E-state index is 0.549. The molecule has 0 spiro atoms. The Morgan fingerprint density at radius 2 is 1.95 bits per heavy atom. The van der Waals surface area contributed by atoms with Gasteiger partial charge in [0.05, 0.1) is 12.1 Å². The summed E-state index contributed by atoms with van der Waals surface area (Å²) in [6, 6.07) is 5.52. The van der Waals surface area contributed by atoms with Crippen LogP contribution in [0, 0.1) is 13.8 Å². The first-order valence-corrected chi connectivity index (χ1v) is 6.31. The average molecular weight is 278 g/mol. The molecule has 4 nitrogen and oxygen atoms in total. The predicted octanol–water partition coefficient (Wildman–Crippen LogP) is 3.46. The van der Waals surface area contributed by atoms with Crippen LogP contribution in [0.25, 0.3) is 11.4 Å². The molecule has 0 bridgehead atoms. The molecular weight excluding hydrogens is 262 g/mol. The number of aryl methyl sites for hydroxylation is 1. The van der Waals surface area contributed by atoms with Crippen LogP contribution in [0.3, 0.4) is 0 Å². The minimum Gasteiger partial charge on any atom is -0.495 e. The lowest BCUT2D eigenvalue weighted by Crippen LogP contribution is -2.02. The van der Waals surface area contributed by atoms with Crippen LogP contribution in [0.15, 0.2) is 18.2 Å². The molecule has 1 aromatic heterocycles. The van der Waals surface area contributed by atoms with Gasteiger partial charge in [-0.1, -0.05) is 11.6 Å². The highest BCUT2D eigenvalue weighted by Gasteiger charge is 2.10. The van der Waals surface area contributed by atoms with Crippen LogP contribution >= 0.6 is 11.6 Å². The fourth-order valence-corrected chi connectivity index (χ4v) is 2.06. The third-order valence-corrected chi connectivity index (χ3v) is 3.33. The molecule has 1 N–H and O–H groups in total. The quantitative estimate of drug-likeness (QED) is 0.933. The number of methoxy groups -OCH3 is 1. The molecule has 0 fully saturated rings. The first-order valence-electron chi connectivity index (χ1n) is 5.93. The standard InChI is InChI=1S/C14H16ClN3O/c1-8-9(2)17-14(18-13(8)16-3)10-5-6-12(19-4)11(15)7-10/h5-7H,1-4H3,(H,16,17,18). The third kappa shape index (κ3) is 2.63. The van der Waals surface area contributed by atoms with Crippen molar-refractivity contribution in [1.29, 1.82) is 0 Å². The molecule has 19 heavy (non-hydrogen) atoms. The third-order valence-electron chi connectivity index (χ3n) is 3.04. The first kappa shape index (κ1) is 13.6. The molecule has 1 aromatic carbocycles. The van der Waals surface area contributed by atoms with E-state index in [-0.39, 0.29) is 0 Å². The van der Waals surface area contributed by atoms with E-state index in [1.807, 2.05) is 39.1 Å². The average Bonchev–Trinajstić information content (AvgIpc) is 2.41. The van der Waals surface area contributed by atoms with E-state index in [1.54, 1.807) is 7.11 Å². The summed E-state index contributed by atoms with van der Waals surface area (Å²) in [7, 11) is 3.44. The Hall–Kier alpha value is -1.81. The van der Waals surface area contributed by atoms with Gasteiger partial charge in [0.15, 0.2) is 5.82 Å². The number of rotatable bonds is 3. The van der Waals surface area contributed by atoms with E-state index in [9.17, 15) is 0 Å². The highest BCUT2D eigenvalue weighted by molar-refractivity contribution is 6.32. The molecular formula is C14H16ClN3O. The molecule has 0 saturated heterocycles. The summed E-state index contributed by atoms with van der Waals surface area (Å²) in [5.41, 5.74) is 2.86. The number of nitrogens with one attached hydrogen (secondary N) is 1. The van der Waals surface area contributed by atoms with Crippen molar-refractivity contribution in [2.45, 2.75) is 13.8 Å². The molecule has 0 aliphatic rings. The van der Waals surface area contributed by atoms with Gasteiger partial charge in [0.25, 0.3) is 0 Å². The summed E-state index contributed by atoms with van der Waals surface area (Å²) < 4.78 is 5.14. The Morgan fingerprint density at radius 1 is 1.21 bits per heavy atom. The van der Waals surface area contributed by atoms with E-state index in [2.05, 4.69) is 15.3 Å². The number of nitrogens with zero attached hydrogens (tertiary/aromatic N) is 2. The first-order chi connectivity index (χ1) is 9.06. The molecule has 2 aromatic rings. The van der Waals surface area contributed by atoms with E-state index in [4.69, 9.17) is 16.3 Å². The number of halogens is 1. The summed E-state index contributed by atoms with van der Waals surface area (Å²) in [5, 5.41) is 3.62. The lowest BCUT2D eigenvalue weighted by Gasteiger charge is -2.10. The minimum atomic E-state index is 0.549. The second kappa shape index (κ2) is 5.45. The van der Waals surface area contributed by atoms with Gasteiger partial charge in [-0.15, -0.1) is 0 Å². The number of anilines is 1. The van der Waals surface area contributed by atoms with E-state index >= 15 is 0 Å². The number of ether oxygens (including phenoxy) is 1. The van der Waals surface area contributed by atoms with E-state index < -0.39 is 0 Å². The molecule has 0 aliphatic carbocycles. The maximum Gasteiger partial charge on any atom is 0.161 e. The Labute approximate surface area is 117 Å². The Kier molecular flexibility index (Phi) is 3.90. The molecule has 1 heterocycles. The molecule has 0 unspecified atom stereocenters. The van der Waals surface area contributed by atoms with Gasteiger partial charge in [-0.25, -0.2) is 9.97 Å². The van der Waals surface area contributed by atoms with E-state index in [0.29, 0.717) is 16.6 Å². The van der Waals surface area contributed by atoms with Crippen LogP contribution in [-0.4, -0.2) is 24.1 Å². The topological polar surface area (TPSA) is 47.0 Å². The lowest BCUT2D eigenvalue weighted by molar-refractivity contribution is 0.415. The zero-order valence-corrected chi connectivity index (χ0v) is 12.2. The number of aromatic nitrogens is 2. The summed E-state index contributed by atoms with van der Waals surface area (Å²) in [4.78, 5) is 8.99. The summed E-state index contributed by atoms with van der Waals surface area (Å²) in [6.45, 7) is 3.96. The van der Waals surface area contributed by atoms with Crippen LogP contribution in [0.4, 0.5) is 5.82 Å². The zero-order valence-electron chi connectivity index (χ0n) is 11.4. The second-order valence-electron chi connectivity index (χ2n) is 4.21. The van der Waals surface area contributed by atoms with Crippen molar-refractivity contribution in [2.75, 3.05) is 19.5 Å². The fourth-order valence-electron chi connectivity index (χ4n) is 1.81. The number of hydrogen-bond donors (Lipinski definition) is 1. The van der Waals surface area contributed by atoms with Crippen LogP contribution in [0.2, 0.25) is 5.02 Å². The van der Waals surface area contributed by atoms with Crippen molar-refractivity contribution in [2.24, 2.45) is 0 Å². The molecule has 0 amide bonds. The van der Waals surface area contributed by atoms with Gasteiger partial charge in [0, 0.05) is 23.9 Å². The molecule has 0 radical (unpaired) electrons. The van der Waals surface area contributed by atoms with E-state index in [0.717, 1.165) is 22.6 Å². The predicted molar refractivity (Wildman–Crippen MR) is 78.1 cm³/mol. The lowest BCUT2D eigenvalue weighted by atomic mass is 10.1. The van der Waals surface area contributed by atoms with Gasteiger partial charge in [-0.05, 0) is 32.0 Å². The zero-order chi connectivity index (χ0) is 14.0. The van der Waals surface area contributed by atoms with Gasteiger partial charge in [-0.3, -0.25) is 0 Å². The smallest absolute Gasteiger partial charge is 0.161 e. The van der Waals surface area contributed by atoms with Crippen molar-refractivity contribution >= 4 is 17.4 Å². The molecule has 0 aliphatic heterocycles.